The summed E-state index contributed by atoms with van der Waals surface area (Å²) in [6.45, 7) is 0.343. The highest BCUT2D eigenvalue weighted by Crippen LogP contribution is 2.19. The third kappa shape index (κ3) is 4.58. The van der Waals surface area contributed by atoms with Crippen LogP contribution in [-0.2, 0) is 6.54 Å². The van der Waals surface area contributed by atoms with Crippen LogP contribution in [0.2, 0.25) is 0 Å². The Balaban J connectivity index is 1.63. The average molecular weight is 433 g/mol. The normalized spacial score (nSPS) is 11.0. The second-order valence-corrected chi connectivity index (χ2v) is 6.22. The highest BCUT2D eigenvalue weighted by Gasteiger charge is 2.11. The Morgan fingerprint density at radius 1 is 1.41 bits per heavy atom. The molecule has 0 spiro atoms. The molecule has 0 saturated carbocycles. The molecular weight excluding hydrogens is 422 g/mol. The number of hydrogen-bond donors (Lipinski definition) is 1. The van der Waals surface area contributed by atoms with Gasteiger partial charge in [0.25, 0.3) is 5.69 Å². The van der Waals surface area contributed by atoms with Gasteiger partial charge in [-0.25, -0.2) is 5.43 Å². The molecule has 0 aliphatic carbocycles. The van der Waals surface area contributed by atoms with Crippen molar-refractivity contribution >= 4 is 33.7 Å². The molecule has 0 radical (unpaired) electrons. The standard InChI is InChI=1S/C16H12BrN5O5/c17-11-7-19-21(8-11)9-13-2-4-15(27-13)16(24)20-18-6-10-5-12(22(25)26)1-3-14(10)23/h1-8,23H,9H2,(H,20,24)/p-1/b18-6-. The molecule has 3 rings (SSSR count). The zero-order valence-corrected chi connectivity index (χ0v) is 15.1. The molecule has 27 heavy (non-hydrogen) atoms. The predicted octanol–water partition coefficient (Wildman–Crippen LogP) is 2.03. The Hall–Kier alpha value is -3.47. The van der Waals surface area contributed by atoms with Crippen LogP contribution in [0.1, 0.15) is 21.9 Å². The molecule has 2 heterocycles. The van der Waals surface area contributed by atoms with E-state index < -0.39 is 16.6 Å². The van der Waals surface area contributed by atoms with Crippen molar-refractivity contribution in [3.8, 4) is 5.75 Å². The van der Waals surface area contributed by atoms with Crippen molar-refractivity contribution in [2.24, 2.45) is 5.10 Å². The van der Waals surface area contributed by atoms with Crippen LogP contribution in [0.15, 0.2) is 56.7 Å². The maximum Gasteiger partial charge on any atom is 0.307 e. The van der Waals surface area contributed by atoms with Gasteiger partial charge >= 0.3 is 5.91 Å². The number of non-ortho nitro benzene ring substituents is 1. The molecular formula is C16H11BrN5O5-. The summed E-state index contributed by atoms with van der Waals surface area (Å²) in [6.07, 6.45) is 4.42. The summed E-state index contributed by atoms with van der Waals surface area (Å²) in [5.41, 5.74) is 1.94. The second kappa shape index (κ2) is 7.83. The molecule has 11 heteroatoms. The summed E-state index contributed by atoms with van der Waals surface area (Å²) >= 11 is 3.29. The van der Waals surface area contributed by atoms with Gasteiger partial charge in [-0.2, -0.15) is 10.2 Å². The molecule has 1 N–H and O–H groups in total. The minimum absolute atomic E-state index is 0.0195. The Morgan fingerprint density at radius 2 is 2.22 bits per heavy atom. The number of nitro benzene ring substituents is 1. The van der Waals surface area contributed by atoms with Crippen molar-refractivity contribution in [1.82, 2.24) is 15.2 Å². The van der Waals surface area contributed by atoms with E-state index in [1.165, 1.54) is 6.07 Å². The number of nitrogens with zero attached hydrogens (tertiary/aromatic N) is 4. The van der Waals surface area contributed by atoms with Gasteiger partial charge in [0.05, 0.1) is 28.4 Å². The number of benzene rings is 1. The molecule has 1 aromatic carbocycles. The summed E-state index contributed by atoms with van der Waals surface area (Å²) in [6, 6.07) is 6.34. The van der Waals surface area contributed by atoms with Crippen molar-refractivity contribution in [1.29, 1.82) is 0 Å². The van der Waals surface area contributed by atoms with E-state index in [1.54, 1.807) is 23.1 Å². The number of halogens is 1. The minimum Gasteiger partial charge on any atom is -0.872 e. The fraction of sp³-hybridized carbons (Fsp3) is 0.0625. The van der Waals surface area contributed by atoms with Gasteiger partial charge in [0, 0.05) is 18.3 Å². The number of hydrazone groups is 1. The third-order valence-electron chi connectivity index (χ3n) is 3.38. The van der Waals surface area contributed by atoms with Crippen LogP contribution in [0.4, 0.5) is 5.69 Å². The van der Waals surface area contributed by atoms with E-state index in [1.807, 2.05) is 0 Å². The fourth-order valence-electron chi connectivity index (χ4n) is 2.14. The molecule has 0 saturated heterocycles. The summed E-state index contributed by atoms with van der Waals surface area (Å²) in [5, 5.41) is 30.1. The number of nitrogens with one attached hydrogen (secondary N) is 1. The lowest BCUT2D eigenvalue weighted by atomic mass is 10.2. The van der Waals surface area contributed by atoms with E-state index in [2.05, 4.69) is 31.6 Å². The maximum absolute atomic E-state index is 12.0. The van der Waals surface area contributed by atoms with Crippen molar-refractivity contribution in [3.63, 3.8) is 0 Å². The summed E-state index contributed by atoms with van der Waals surface area (Å²) in [5.74, 6) is -0.545. The van der Waals surface area contributed by atoms with Crippen molar-refractivity contribution in [3.05, 3.63) is 74.4 Å². The zero-order chi connectivity index (χ0) is 19.4. The first-order chi connectivity index (χ1) is 12.9. The number of furan rings is 1. The number of nitro groups is 1. The van der Waals surface area contributed by atoms with Crippen LogP contribution in [0.25, 0.3) is 0 Å². The average Bonchev–Trinajstić information content (AvgIpc) is 3.25. The SMILES string of the molecule is O=C(N/N=C\c1cc([N+](=O)[O-])ccc1[O-])c1ccc(Cn2cc(Br)cn2)o1. The summed E-state index contributed by atoms with van der Waals surface area (Å²) < 4.78 is 7.87. The van der Waals surface area contributed by atoms with E-state index in [-0.39, 0.29) is 17.0 Å². The first-order valence-electron chi connectivity index (χ1n) is 7.48. The van der Waals surface area contributed by atoms with E-state index in [4.69, 9.17) is 4.42 Å². The smallest absolute Gasteiger partial charge is 0.307 e. The van der Waals surface area contributed by atoms with Gasteiger partial charge in [0.1, 0.15) is 5.76 Å². The van der Waals surface area contributed by atoms with Crippen molar-refractivity contribution < 1.29 is 19.2 Å². The molecule has 0 aliphatic heterocycles. The molecule has 0 unspecified atom stereocenters. The number of rotatable bonds is 6. The molecule has 10 nitrogen and oxygen atoms in total. The van der Waals surface area contributed by atoms with Crippen LogP contribution in [0.5, 0.6) is 5.75 Å². The Labute approximate surface area is 160 Å². The molecule has 0 bridgehead atoms. The predicted molar refractivity (Wildman–Crippen MR) is 95.3 cm³/mol. The van der Waals surface area contributed by atoms with Gasteiger partial charge in [-0.05, 0) is 33.6 Å². The number of amides is 1. The van der Waals surface area contributed by atoms with Crippen molar-refractivity contribution in [2.45, 2.75) is 6.54 Å². The van der Waals surface area contributed by atoms with E-state index in [0.717, 1.165) is 28.9 Å². The highest BCUT2D eigenvalue weighted by atomic mass is 79.9. The molecule has 0 aliphatic rings. The quantitative estimate of drug-likeness (QED) is 0.359. The first kappa shape index (κ1) is 18.3. The van der Waals surface area contributed by atoms with Gasteiger partial charge in [-0.1, -0.05) is 11.8 Å². The van der Waals surface area contributed by atoms with Crippen LogP contribution in [-0.4, -0.2) is 26.8 Å². The van der Waals surface area contributed by atoms with Gasteiger partial charge in [-0.3, -0.25) is 19.6 Å². The van der Waals surface area contributed by atoms with Crippen molar-refractivity contribution in [2.75, 3.05) is 0 Å². The molecule has 1 amide bonds. The van der Waals surface area contributed by atoms with Crippen LogP contribution >= 0.6 is 15.9 Å². The number of hydrogen-bond acceptors (Lipinski definition) is 7. The first-order valence-corrected chi connectivity index (χ1v) is 8.27. The number of carbonyl (C=O) groups excluding carboxylic acids is 1. The lowest BCUT2D eigenvalue weighted by Crippen LogP contribution is -2.17. The van der Waals surface area contributed by atoms with Gasteiger partial charge in [-0.15, -0.1) is 0 Å². The van der Waals surface area contributed by atoms with E-state index >= 15 is 0 Å². The molecule has 3 aromatic rings. The minimum atomic E-state index is -0.628. The molecule has 0 fully saturated rings. The third-order valence-corrected chi connectivity index (χ3v) is 3.79. The van der Waals surface area contributed by atoms with Crippen LogP contribution in [0, 0.1) is 10.1 Å². The summed E-state index contributed by atoms with van der Waals surface area (Å²) in [4.78, 5) is 22.1. The fourth-order valence-corrected chi connectivity index (χ4v) is 2.46. The lowest BCUT2D eigenvalue weighted by Gasteiger charge is -2.08. The Kier molecular flexibility index (Phi) is 5.31. The van der Waals surface area contributed by atoms with Crippen LogP contribution in [0.3, 0.4) is 0 Å². The maximum atomic E-state index is 12.0. The lowest BCUT2D eigenvalue weighted by molar-refractivity contribution is -0.385. The molecule has 138 valence electrons. The number of aromatic nitrogens is 2. The van der Waals surface area contributed by atoms with E-state index in [9.17, 15) is 20.0 Å². The van der Waals surface area contributed by atoms with Gasteiger partial charge in [0.15, 0.2) is 5.76 Å². The van der Waals surface area contributed by atoms with Gasteiger partial charge < -0.3 is 9.52 Å². The molecule has 2 aromatic heterocycles. The molecule has 0 atom stereocenters. The van der Waals surface area contributed by atoms with Crippen LogP contribution < -0.4 is 10.5 Å². The monoisotopic (exact) mass is 432 g/mol. The topological polar surface area (TPSA) is 139 Å². The number of carbonyl (C=O) groups is 1. The summed E-state index contributed by atoms with van der Waals surface area (Å²) in [7, 11) is 0. The Morgan fingerprint density at radius 3 is 2.93 bits per heavy atom. The zero-order valence-electron chi connectivity index (χ0n) is 13.5. The largest absolute Gasteiger partial charge is 0.872 e. The van der Waals surface area contributed by atoms with E-state index in [0.29, 0.717) is 12.3 Å². The highest BCUT2D eigenvalue weighted by molar-refractivity contribution is 9.10. The van der Waals surface area contributed by atoms with Gasteiger partial charge in [0.2, 0.25) is 0 Å². The second-order valence-electron chi connectivity index (χ2n) is 5.30. The Bertz CT molecular complexity index is 1030.